The van der Waals surface area contributed by atoms with Crippen molar-refractivity contribution < 1.29 is 0 Å². The molecular formula is C14H12BrN. The number of hydrogen-bond acceptors (Lipinski definition) is 1. The van der Waals surface area contributed by atoms with E-state index in [1.54, 1.807) is 0 Å². The maximum absolute atomic E-state index is 4.51. The van der Waals surface area contributed by atoms with Gasteiger partial charge in [0, 0.05) is 21.6 Å². The van der Waals surface area contributed by atoms with E-state index < -0.39 is 0 Å². The molecule has 2 aromatic rings. The Morgan fingerprint density at radius 1 is 1.12 bits per heavy atom. The Morgan fingerprint density at radius 3 is 2.75 bits per heavy atom. The van der Waals surface area contributed by atoms with Gasteiger partial charge in [0.15, 0.2) is 0 Å². The molecule has 0 aliphatic heterocycles. The van der Waals surface area contributed by atoms with Crippen LogP contribution in [-0.2, 0) is 5.41 Å². The van der Waals surface area contributed by atoms with Crippen LogP contribution in [0.4, 0.5) is 0 Å². The van der Waals surface area contributed by atoms with Gasteiger partial charge in [0.25, 0.3) is 0 Å². The van der Waals surface area contributed by atoms with Gasteiger partial charge in [-0.15, -0.1) is 0 Å². The summed E-state index contributed by atoms with van der Waals surface area (Å²) in [6.45, 7) is 4.51. The summed E-state index contributed by atoms with van der Waals surface area (Å²) in [7, 11) is 0. The highest BCUT2D eigenvalue weighted by atomic mass is 79.9. The molecule has 1 nitrogen and oxygen atoms in total. The van der Waals surface area contributed by atoms with Crippen molar-refractivity contribution in [2.24, 2.45) is 0 Å². The van der Waals surface area contributed by atoms with Crippen LogP contribution in [0.5, 0.6) is 0 Å². The summed E-state index contributed by atoms with van der Waals surface area (Å²) >= 11 is 3.54. The maximum Gasteiger partial charge on any atom is 0.0745 e. The number of fused-ring (bicyclic) bond motifs is 3. The Kier molecular flexibility index (Phi) is 1.99. The predicted octanol–water partition coefficient (Wildman–Crippen LogP) is 4.15. The minimum Gasteiger partial charge on any atom is -0.256 e. The molecule has 0 saturated heterocycles. The van der Waals surface area contributed by atoms with Crippen LogP contribution in [0.3, 0.4) is 0 Å². The van der Waals surface area contributed by atoms with E-state index in [4.69, 9.17) is 0 Å². The fraction of sp³-hybridized carbons (Fsp3) is 0.214. The highest BCUT2D eigenvalue weighted by molar-refractivity contribution is 9.10. The Morgan fingerprint density at radius 2 is 1.94 bits per heavy atom. The second-order valence-corrected chi connectivity index (χ2v) is 5.63. The highest BCUT2D eigenvalue weighted by Gasteiger charge is 2.35. The number of benzene rings is 1. The molecule has 0 bridgehead atoms. The molecule has 0 unspecified atom stereocenters. The van der Waals surface area contributed by atoms with Gasteiger partial charge in [-0.1, -0.05) is 41.9 Å². The minimum absolute atomic E-state index is 0.0582. The van der Waals surface area contributed by atoms with E-state index in [2.05, 4.69) is 59.0 Å². The average Bonchev–Trinajstić information content (AvgIpc) is 2.49. The highest BCUT2D eigenvalue weighted by Crippen LogP contribution is 2.47. The Labute approximate surface area is 104 Å². The fourth-order valence-electron chi connectivity index (χ4n) is 2.51. The van der Waals surface area contributed by atoms with Crippen molar-refractivity contribution in [1.82, 2.24) is 4.98 Å². The molecular weight excluding hydrogens is 262 g/mol. The number of nitrogens with zero attached hydrogens (tertiary/aromatic N) is 1. The van der Waals surface area contributed by atoms with E-state index in [0.717, 1.165) is 10.2 Å². The van der Waals surface area contributed by atoms with Crippen molar-refractivity contribution in [3.63, 3.8) is 0 Å². The SMILES string of the molecule is CC1(C)c2cc(Br)ccc2-c2ncccc21. The third-order valence-corrected chi connectivity index (χ3v) is 3.88. The first-order chi connectivity index (χ1) is 7.60. The predicted molar refractivity (Wildman–Crippen MR) is 69.5 cm³/mol. The van der Waals surface area contributed by atoms with Gasteiger partial charge in [-0.3, -0.25) is 4.98 Å². The van der Waals surface area contributed by atoms with Crippen molar-refractivity contribution in [1.29, 1.82) is 0 Å². The molecule has 1 aliphatic rings. The standard InChI is InChI=1S/C14H12BrN/c1-14(2)11-4-3-7-16-13(11)10-6-5-9(15)8-12(10)14/h3-8H,1-2H3. The molecule has 3 rings (SSSR count). The summed E-state index contributed by atoms with van der Waals surface area (Å²) in [6.07, 6.45) is 1.87. The van der Waals surface area contributed by atoms with Gasteiger partial charge < -0.3 is 0 Å². The van der Waals surface area contributed by atoms with Crippen LogP contribution in [0.25, 0.3) is 11.3 Å². The Bertz CT molecular complexity index is 573. The zero-order chi connectivity index (χ0) is 11.3. The minimum atomic E-state index is 0.0582. The van der Waals surface area contributed by atoms with Gasteiger partial charge in [0.2, 0.25) is 0 Å². The van der Waals surface area contributed by atoms with E-state index in [9.17, 15) is 0 Å². The third-order valence-electron chi connectivity index (χ3n) is 3.39. The molecule has 0 radical (unpaired) electrons. The third kappa shape index (κ3) is 1.20. The number of pyridine rings is 1. The van der Waals surface area contributed by atoms with Gasteiger partial charge in [-0.25, -0.2) is 0 Å². The van der Waals surface area contributed by atoms with Crippen LogP contribution >= 0.6 is 15.9 Å². The number of hydrogen-bond donors (Lipinski definition) is 0. The molecule has 0 amide bonds. The number of rotatable bonds is 0. The molecule has 0 atom stereocenters. The summed E-state index contributed by atoms with van der Waals surface area (Å²) < 4.78 is 1.13. The molecule has 80 valence electrons. The molecule has 1 aromatic heterocycles. The monoisotopic (exact) mass is 273 g/mol. The lowest BCUT2D eigenvalue weighted by atomic mass is 9.83. The molecule has 1 aliphatic carbocycles. The molecule has 16 heavy (non-hydrogen) atoms. The first-order valence-electron chi connectivity index (χ1n) is 5.36. The van der Waals surface area contributed by atoms with Crippen LogP contribution in [0.2, 0.25) is 0 Å². The summed E-state index contributed by atoms with van der Waals surface area (Å²) in [5.41, 5.74) is 5.14. The van der Waals surface area contributed by atoms with Crippen LogP contribution in [0.15, 0.2) is 41.0 Å². The van der Waals surface area contributed by atoms with Crippen LogP contribution in [0.1, 0.15) is 25.0 Å². The second-order valence-electron chi connectivity index (χ2n) is 4.71. The van der Waals surface area contributed by atoms with Crippen molar-refractivity contribution in [2.75, 3.05) is 0 Å². The van der Waals surface area contributed by atoms with E-state index in [-0.39, 0.29) is 5.41 Å². The van der Waals surface area contributed by atoms with Crippen molar-refractivity contribution in [2.45, 2.75) is 19.3 Å². The molecule has 0 N–H and O–H groups in total. The molecule has 1 aromatic carbocycles. The zero-order valence-electron chi connectivity index (χ0n) is 9.29. The van der Waals surface area contributed by atoms with E-state index >= 15 is 0 Å². The summed E-state index contributed by atoms with van der Waals surface area (Å²) in [6, 6.07) is 10.6. The lowest BCUT2D eigenvalue weighted by molar-refractivity contribution is 0.658. The largest absolute Gasteiger partial charge is 0.256 e. The second kappa shape index (κ2) is 3.17. The number of aromatic nitrogens is 1. The maximum atomic E-state index is 4.51. The van der Waals surface area contributed by atoms with Crippen LogP contribution < -0.4 is 0 Å². The molecule has 0 spiro atoms. The lowest BCUT2D eigenvalue weighted by Gasteiger charge is -2.20. The van der Waals surface area contributed by atoms with Gasteiger partial charge in [-0.2, -0.15) is 0 Å². The van der Waals surface area contributed by atoms with Gasteiger partial charge >= 0.3 is 0 Å². The van der Waals surface area contributed by atoms with Gasteiger partial charge in [0.05, 0.1) is 5.69 Å². The van der Waals surface area contributed by atoms with Gasteiger partial charge in [-0.05, 0) is 29.3 Å². The quantitative estimate of drug-likeness (QED) is 0.703. The van der Waals surface area contributed by atoms with Crippen LogP contribution in [-0.4, -0.2) is 4.98 Å². The van der Waals surface area contributed by atoms with Crippen molar-refractivity contribution >= 4 is 15.9 Å². The molecule has 0 saturated carbocycles. The molecule has 2 heteroatoms. The Balaban J connectivity index is 2.39. The van der Waals surface area contributed by atoms with E-state index in [1.165, 1.54) is 16.7 Å². The van der Waals surface area contributed by atoms with Crippen LogP contribution in [0, 0.1) is 0 Å². The van der Waals surface area contributed by atoms with Gasteiger partial charge in [0.1, 0.15) is 0 Å². The normalized spacial score (nSPS) is 15.7. The smallest absolute Gasteiger partial charge is 0.0745 e. The van der Waals surface area contributed by atoms with E-state index in [1.807, 2.05) is 12.3 Å². The summed E-state index contributed by atoms with van der Waals surface area (Å²) in [4.78, 5) is 4.51. The first-order valence-corrected chi connectivity index (χ1v) is 6.16. The average molecular weight is 274 g/mol. The zero-order valence-corrected chi connectivity index (χ0v) is 10.9. The van der Waals surface area contributed by atoms with Crippen molar-refractivity contribution in [3.05, 3.63) is 52.1 Å². The topological polar surface area (TPSA) is 12.9 Å². The van der Waals surface area contributed by atoms with Crippen molar-refractivity contribution in [3.8, 4) is 11.3 Å². The summed E-state index contributed by atoms with van der Waals surface area (Å²) in [5, 5.41) is 0. The number of halogens is 1. The summed E-state index contributed by atoms with van der Waals surface area (Å²) in [5.74, 6) is 0. The lowest BCUT2D eigenvalue weighted by Crippen LogP contribution is -2.14. The Hall–Kier alpha value is -1.15. The van der Waals surface area contributed by atoms with E-state index in [0.29, 0.717) is 0 Å². The molecule has 1 heterocycles. The first kappa shape index (κ1) is 10.0. The fourth-order valence-corrected chi connectivity index (χ4v) is 2.87. The molecule has 0 fully saturated rings.